The second-order valence-corrected chi connectivity index (χ2v) is 10.9. The molecular weight excluding hydrogens is 544 g/mol. The Morgan fingerprint density at radius 1 is 1.22 bits per heavy atom. The van der Waals surface area contributed by atoms with Gasteiger partial charge >= 0.3 is 0 Å². The first kappa shape index (κ1) is 30.9. The van der Waals surface area contributed by atoms with Crippen LogP contribution in [-0.2, 0) is 9.68 Å². The van der Waals surface area contributed by atoms with Crippen LogP contribution < -0.4 is 4.74 Å². The number of nitrogens with zero attached hydrogens (tertiary/aromatic N) is 1. The quantitative estimate of drug-likeness (QED) is 0.181. The summed E-state index contributed by atoms with van der Waals surface area (Å²) in [6.07, 6.45) is 16.1. The minimum absolute atomic E-state index is 0.0514. The average Bonchev–Trinajstić information content (AvgIpc) is 3.22. The maximum Gasteiger partial charge on any atom is 0.168 e. The number of ether oxygens (including phenoxy) is 2. The molecule has 2 aliphatic carbocycles. The Labute approximate surface area is 247 Å². The van der Waals surface area contributed by atoms with E-state index in [1.54, 1.807) is 12.2 Å². The van der Waals surface area contributed by atoms with Gasteiger partial charge in [0.25, 0.3) is 0 Å². The normalized spacial score (nSPS) is 20.4. The Morgan fingerprint density at radius 2 is 2.07 bits per heavy atom. The number of rotatable bonds is 12. The van der Waals surface area contributed by atoms with Crippen molar-refractivity contribution >= 4 is 17.2 Å². The predicted molar refractivity (Wildman–Crippen MR) is 163 cm³/mol. The highest BCUT2D eigenvalue weighted by Crippen LogP contribution is 2.43. The van der Waals surface area contributed by atoms with Crippen molar-refractivity contribution in [1.82, 2.24) is 4.90 Å². The zero-order chi connectivity index (χ0) is 29.2. The highest BCUT2D eigenvalue weighted by atomic mass is 35.5. The first-order chi connectivity index (χ1) is 20.0. The van der Waals surface area contributed by atoms with Crippen molar-refractivity contribution in [3.05, 3.63) is 106 Å². The van der Waals surface area contributed by atoms with Crippen molar-refractivity contribution in [2.24, 2.45) is 0 Å². The molecule has 1 aromatic carbocycles. The number of halogens is 3. The van der Waals surface area contributed by atoms with E-state index in [9.17, 15) is 8.92 Å². The van der Waals surface area contributed by atoms with Crippen molar-refractivity contribution < 1.29 is 23.3 Å². The molecule has 4 nitrogen and oxygen atoms in total. The summed E-state index contributed by atoms with van der Waals surface area (Å²) in [5.74, 6) is 1.59. The molecule has 4 rings (SSSR count). The average molecular weight is 584 g/mol. The standard InChI is InChI=1S/C34H40ClF2NO3/c1-4-27(40-29-17-20-38(23-29)19-8-18-36)15-13-24(3)34-30-12-7-10-28(41-37)21-25(30)9-6-11-31(34)26-14-16-33(39-5-2)32(35)22-26/h4,10,12-16,21-22,29H,1,5-9,11,17-20,23H2,2-3H3/b24-13+,27-15+/t29-/m0/s1. The van der Waals surface area contributed by atoms with Gasteiger partial charge in [-0.15, -0.1) is 0 Å². The lowest BCUT2D eigenvalue weighted by molar-refractivity contribution is -0.0769. The number of hydrogen-bond donors (Lipinski definition) is 0. The minimum atomic E-state index is -0.296. The fourth-order valence-corrected chi connectivity index (χ4v) is 5.95. The third-order valence-corrected chi connectivity index (χ3v) is 7.95. The monoisotopic (exact) mass is 583 g/mol. The van der Waals surface area contributed by atoms with Crippen molar-refractivity contribution in [3.8, 4) is 5.75 Å². The van der Waals surface area contributed by atoms with Gasteiger partial charge < -0.3 is 9.47 Å². The second kappa shape index (κ2) is 15.2. The zero-order valence-electron chi connectivity index (χ0n) is 24.1. The highest BCUT2D eigenvalue weighted by molar-refractivity contribution is 6.32. The van der Waals surface area contributed by atoms with Gasteiger partial charge in [0.2, 0.25) is 0 Å². The van der Waals surface area contributed by atoms with Gasteiger partial charge in [-0.1, -0.05) is 36.4 Å². The van der Waals surface area contributed by atoms with Crippen molar-refractivity contribution in [1.29, 1.82) is 0 Å². The Kier molecular flexibility index (Phi) is 11.5. The van der Waals surface area contributed by atoms with Gasteiger partial charge in [0.15, 0.2) is 5.76 Å². The van der Waals surface area contributed by atoms with E-state index in [0.717, 1.165) is 73.2 Å². The Morgan fingerprint density at radius 3 is 2.80 bits per heavy atom. The van der Waals surface area contributed by atoms with Crippen LogP contribution in [0.5, 0.6) is 5.75 Å². The molecule has 1 aromatic rings. The van der Waals surface area contributed by atoms with Gasteiger partial charge in [0.05, 0.1) is 18.3 Å². The van der Waals surface area contributed by atoms with E-state index in [1.165, 1.54) is 5.57 Å². The predicted octanol–water partition coefficient (Wildman–Crippen LogP) is 9.18. The summed E-state index contributed by atoms with van der Waals surface area (Å²) in [6.45, 7) is 10.7. The zero-order valence-corrected chi connectivity index (χ0v) is 24.8. The van der Waals surface area contributed by atoms with Gasteiger partial charge in [0.1, 0.15) is 17.6 Å². The van der Waals surface area contributed by atoms with Crippen LogP contribution >= 0.6 is 11.6 Å². The molecular formula is C34H40ClF2NO3. The van der Waals surface area contributed by atoms with Crippen LogP contribution in [0.4, 0.5) is 8.92 Å². The summed E-state index contributed by atoms with van der Waals surface area (Å²) in [7, 11) is 0. The van der Waals surface area contributed by atoms with Gasteiger partial charge in [-0.25, -0.2) is 0 Å². The summed E-state index contributed by atoms with van der Waals surface area (Å²) in [4.78, 5) is 6.38. The minimum Gasteiger partial charge on any atom is -0.492 e. The van der Waals surface area contributed by atoms with E-state index >= 15 is 0 Å². The molecule has 0 radical (unpaired) electrons. The van der Waals surface area contributed by atoms with Crippen LogP contribution in [0.15, 0.2) is 95.0 Å². The summed E-state index contributed by atoms with van der Waals surface area (Å²) in [5.41, 5.74) is 6.48. The summed E-state index contributed by atoms with van der Waals surface area (Å²) >= 11 is 6.62. The molecule has 1 saturated heterocycles. The van der Waals surface area contributed by atoms with E-state index in [2.05, 4.69) is 41.6 Å². The van der Waals surface area contributed by atoms with Crippen LogP contribution in [0.25, 0.3) is 5.57 Å². The molecule has 0 amide bonds. The van der Waals surface area contributed by atoms with Crippen molar-refractivity contribution in [2.45, 2.75) is 58.5 Å². The molecule has 0 aromatic heterocycles. The van der Waals surface area contributed by atoms with Gasteiger partial charge in [-0.05, 0) is 122 Å². The Balaban J connectivity index is 1.71. The smallest absolute Gasteiger partial charge is 0.168 e. The highest BCUT2D eigenvalue weighted by Gasteiger charge is 2.25. The number of hydrogen-bond acceptors (Lipinski definition) is 4. The number of likely N-dealkylation sites (tertiary alicyclic amines) is 1. The van der Waals surface area contributed by atoms with E-state index in [1.807, 2.05) is 31.2 Å². The molecule has 1 fully saturated rings. The first-order valence-electron chi connectivity index (χ1n) is 14.5. The molecule has 0 spiro atoms. The number of benzene rings is 1. The molecule has 3 aliphatic rings. The van der Waals surface area contributed by atoms with Crippen LogP contribution in [0.3, 0.4) is 0 Å². The SMILES string of the molecule is C=C/C(=C\C=C(/C)C1=C(c2ccc(OCC)c(Cl)c2)CCCC2=CC(OF)=CCC=C21)O[C@H]1CCN(CCCF)C1. The van der Waals surface area contributed by atoms with Gasteiger partial charge in [-0.3, -0.25) is 14.2 Å². The molecule has 0 unspecified atom stereocenters. The van der Waals surface area contributed by atoms with Crippen LogP contribution in [-0.4, -0.2) is 43.9 Å². The third-order valence-electron chi connectivity index (χ3n) is 7.65. The molecule has 41 heavy (non-hydrogen) atoms. The van der Waals surface area contributed by atoms with Crippen LogP contribution in [0, 0.1) is 0 Å². The van der Waals surface area contributed by atoms with E-state index in [-0.39, 0.29) is 18.5 Å². The van der Waals surface area contributed by atoms with Crippen molar-refractivity contribution in [3.63, 3.8) is 0 Å². The van der Waals surface area contributed by atoms with Crippen molar-refractivity contribution in [2.75, 3.05) is 32.9 Å². The molecule has 0 saturated carbocycles. The summed E-state index contributed by atoms with van der Waals surface area (Å²) in [5, 5.41) is 0.571. The van der Waals surface area contributed by atoms with E-state index in [0.29, 0.717) is 36.0 Å². The lowest BCUT2D eigenvalue weighted by Crippen LogP contribution is -2.24. The van der Waals surface area contributed by atoms with Crippen LogP contribution in [0.2, 0.25) is 5.02 Å². The maximum absolute atomic E-state index is 13.2. The number of alkyl halides is 1. The van der Waals surface area contributed by atoms with Crippen LogP contribution in [0.1, 0.15) is 57.9 Å². The maximum atomic E-state index is 13.2. The van der Waals surface area contributed by atoms with Gasteiger partial charge in [-0.2, -0.15) is 0 Å². The first-order valence-corrected chi connectivity index (χ1v) is 14.9. The number of fused-ring (bicyclic) bond motifs is 1. The Hall–Kier alpha value is -3.09. The second-order valence-electron chi connectivity index (χ2n) is 10.5. The molecule has 1 heterocycles. The summed E-state index contributed by atoms with van der Waals surface area (Å²) < 4.78 is 37.8. The fourth-order valence-electron chi connectivity index (χ4n) is 5.72. The third kappa shape index (κ3) is 8.02. The Bertz CT molecular complexity index is 1290. The molecule has 1 atom stereocenters. The molecule has 1 aliphatic heterocycles. The lowest BCUT2D eigenvalue weighted by atomic mass is 9.86. The lowest BCUT2D eigenvalue weighted by Gasteiger charge is -2.19. The summed E-state index contributed by atoms with van der Waals surface area (Å²) in [6, 6.07) is 5.95. The van der Waals surface area contributed by atoms with E-state index < -0.39 is 0 Å². The van der Waals surface area contributed by atoms with Gasteiger partial charge in [0, 0.05) is 24.2 Å². The van der Waals surface area contributed by atoms with E-state index in [4.69, 9.17) is 21.1 Å². The molecule has 7 heteroatoms. The number of allylic oxidation sites excluding steroid dienone is 11. The molecule has 220 valence electrons. The topological polar surface area (TPSA) is 30.9 Å². The fraction of sp³-hybridized carbons (Fsp3) is 0.412. The largest absolute Gasteiger partial charge is 0.492 e. The molecule has 0 N–H and O–H groups in total. The molecule has 0 bridgehead atoms.